The molecule has 1 N–H and O–H groups in total. The molecule has 0 saturated heterocycles. The van der Waals surface area contributed by atoms with Gasteiger partial charge in [0.2, 0.25) is 5.78 Å². The molecule has 1 fully saturated rings. The minimum absolute atomic E-state index is 0.111. The van der Waals surface area contributed by atoms with Crippen LogP contribution in [-0.2, 0) is 22.0 Å². The molecule has 4 nitrogen and oxygen atoms in total. The van der Waals surface area contributed by atoms with Crippen LogP contribution in [0.2, 0.25) is 0 Å². The van der Waals surface area contributed by atoms with Crippen LogP contribution >= 0.6 is 0 Å². The number of hydrogen-bond acceptors (Lipinski definition) is 3. The Morgan fingerprint density at radius 1 is 1.00 bits per heavy atom. The average Bonchev–Trinajstić information content (AvgIpc) is 3.27. The second kappa shape index (κ2) is 9.79. The molecule has 0 spiro atoms. The number of fused-ring (bicyclic) bond motifs is 1. The number of furan rings is 1. The van der Waals surface area contributed by atoms with Crippen molar-refractivity contribution >= 4 is 11.8 Å². The second-order valence-corrected chi connectivity index (χ2v) is 12.1. The van der Waals surface area contributed by atoms with E-state index in [0.29, 0.717) is 18.1 Å². The SMILES string of the molecule is Cc1cc2c(cc1Cc1ccc(C(=O)/C=C/CC3CCC(C(=O)O)CC3)o1)C(C)(C)CCC2(C)C. The second-order valence-electron chi connectivity index (χ2n) is 12.1. The van der Waals surface area contributed by atoms with Crippen LogP contribution in [0.3, 0.4) is 0 Å². The number of carboxylic acid groups (broad SMARTS) is 1. The predicted octanol–water partition coefficient (Wildman–Crippen LogP) is 7.55. The Balaban J connectivity index is 1.40. The lowest BCUT2D eigenvalue weighted by Crippen LogP contribution is -2.34. The fourth-order valence-corrected chi connectivity index (χ4v) is 5.85. The average molecular weight is 477 g/mol. The predicted molar refractivity (Wildman–Crippen MR) is 139 cm³/mol. The van der Waals surface area contributed by atoms with Gasteiger partial charge in [-0.15, -0.1) is 0 Å². The van der Waals surface area contributed by atoms with Crippen molar-refractivity contribution in [3.05, 3.63) is 70.2 Å². The van der Waals surface area contributed by atoms with Crippen LogP contribution in [0.4, 0.5) is 0 Å². The molecule has 4 rings (SSSR count). The molecule has 0 amide bonds. The smallest absolute Gasteiger partial charge is 0.306 e. The van der Waals surface area contributed by atoms with Crippen molar-refractivity contribution < 1.29 is 19.1 Å². The number of aliphatic carboxylic acids is 1. The number of carboxylic acids is 1. The van der Waals surface area contributed by atoms with Crippen LogP contribution in [0.5, 0.6) is 0 Å². The summed E-state index contributed by atoms with van der Waals surface area (Å²) < 4.78 is 5.96. The highest BCUT2D eigenvalue weighted by Gasteiger charge is 2.37. The van der Waals surface area contributed by atoms with Crippen LogP contribution in [0.15, 0.2) is 40.8 Å². The third kappa shape index (κ3) is 5.63. The Bertz CT molecular complexity index is 1120. The number of carbonyl (C=O) groups excluding carboxylic acids is 1. The lowest BCUT2D eigenvalue weighted by atomic mass is 9.62. The third-order valence-corrected chi connectivity index (χ3v) is 8.51. The summed E-state index contributed by atoms with van der Waals surface area (Å²) in [6.07, 6.45) is 10.7. The van der Waals surface area contributed by atoms with Gasteiger partial charge < -0.3 is 9.52 Å². The Morgan fingerprint density at radius 2 is 1.63 bits per heavy atom. The first-order valence-electron chi connectivity index (χ1n) is 13.1. The van der Waals surface area contributed by atoms with E-state index < -0.39 is 5.97 Å². The zero-order valence-corrected chi connectivity index (χ0v) is 21.9. The van der Waals surface area contributed by atoms with Gasteiger partial charge in [-0.2, -0.15) is 0 Å². The van der Waals surface area contributed by atoms with Gasteiger partial charge in [0.1, 0.15) is 5.76 Å². The lowest BCUT2D eigenvalue weighted by molar-refractivity contribution is -0.143. The van der Waals surface area contributed by atoms with E-state index in [1.54, 1.807) is 12.1 Å². The Morgan fingerprint density at radius 3 is 2.26 bits per heavy atom. The van der Waals surface area contributed by atoms with Gasteiger partial charge in [0, 0.05) is 6.42 Å². The van der Waals surface area contributed by atoms with E-state index in [1.165, 1.54) is 35.1 Å². The van der Waals surface area contributed by atoms with Crippen LogP contribution in [0, 0.1) is 18.8 Å². The molecule has 1 heterocycles. The highest BCUT2D eigenvalue weighted by atomic mass is 16.4. The first kappa shape index (κ1) is 25.5. The Kier molecular flexibility index (Phi) is 7.13. The fourth-order valence-electron chi connectivity index (χ4n) is 5.85. The number of benzene rings is 1. The van der Waals surface area contributed by atoms with E-state index in [1.807, 2.05) is 12.1 Å². The Labute approximate surface area is 209 Å². The summed E-state index contributed by atoms with van der Waals surface area (Å²) in [4.78, 5) is 23.8. The van der Waals surface area contributed by atoms with Gasteiger partial charge in [-0.25, -0.2) is 0 Å². The van der Waals surface area contributed by atoms with Crippen LogP contribution in [0.25, 0.3) is 0 Å². The van der Waals surface area contributed by atoms with E-state index in [4.69, 9.17) is 9.52 Å². The van der Waals surface area contributed by atoms with Crippen LogP contribution in [-0.4, -0.2) is 16.9 Å². The summed E-state index contributed by atoms with van der Waals surface area (Å²) in [7, 11) is 0. The molecule has 1 aromatic carbocycles. The van der Waals surface area contributed by atoms with Crippen molar-refractivity contribution in [3.8, 4) is 0 Å². The zero-order valence-electron chi connectivity index (χ0n) is 21.9. The van der Waals surface area contributed by atoms with Crippen LogP contribution in [0.1, 0.15) is 111 Å². The third-order valence-electron chi connectivity index (χ3n) is 8.51. The molecule has 0 unspecified atom stereocenters. The quantitative estimate of drug-likeness (QED) is 0.331. The van der Waals surface area contributed by atoms with Gasteiger partial charge in [0.05, 0.1) is 5.92 Å². The van der Waals surface area contributed by atoms with Gasteiger partial charge in [-0.3, -0.25) is 9.59 Å². The van der Waals surface area contributed by atoms with Crippen molar-refractivity contribution in [2.75, 3.05) is 0 Å². The summed E-state index contributed by atoms with van der Waals surface area (Å²) in [5.41, 5.74) is 5.80. The molecule has 0 aliphatic heterocycles. The van der Waals surface area contributed by atoms with Crippen molar-refractivity contribution in [3.63, 3.8) is 0 Å². The molecule has 1 saturated carbocycles. The van der Waals surface area contributed by atoms with Gasteiger partial charge in [0.25, 0.3) is 0 Å². The normalized spacial score (nSPS) is 23.2. The summed E-state index contributed by atoms with van der Waals surface area (Å²) >= 11 is 0. The molecular formula is C31H40O4. The fraction of sp³-hybridized carbons (Fsp3) is 0.548. The van der Waals surface area contributed by atoms with Crippen molar-refractivity contribution in [2.24, 2.45) is 11.8 Å². The van der Waals surface area contributed by atoms with Gasteiger partial charge in [0.15, 0.2) is 5.76 Å². The minimum Gasteiger partial charge on any atom is -0.481 e. The van der Waals surface area contributed by atoms with Gasteiger partial charge >= 0.3 is 5.97 Å². The zero-order chi connectivity index (χ0) is 25.4. The number of carbonyl (C=O) groups is 2. The highest BCUT2D eigenvalue weighted by molar-refractivity contribution is 6.02. The van der Waals surface area contributed by atoms with Crippen molar-refractivity contribution in [1.82, 2.24) is 0 Å². The largest absolute Gasteiger partial charge is 0.481 e. The molecule has 35 heavy (non-hydrogen) atoms. The highest BCUT2D eigenvalue weighted by Crippen LogP contribution is 2.46. The molecular weight excluding hydrogens is 436 g/mol. The topological polar surface area (TPSA) is 67.5 Å². The molecule has 2 aliphatic rings. The molecule has 4 heteroatoms. The van der Waals surface area contributed by atoms with E-state index in [-0.39, 0.29) is 22.5 Å². The first-order valence-corrected chi connectivity index (χ1v) is 13.1. The van der Waals surface area contributed by atoms with E-state index in [9.17, 15) is 9.59 Å². The molecule has 0 bridgehead atoms. The number of rotatable bonds is 7. The Hall–Kier alpha value is -2.62. The summed E-state index contributed by atoms with van der Waals surface area (Å²) in [6, 6.07) is 8.44. The maximum Gasteiger partial charge on any atom is 0.306 e. The molecule has 1 aromatic heterocycles. The maximum atomic E-state index is 12.7. The van der Waals surface area contributed by atoms with E-state index in [2.05, 4.69) is 46.8 Å². The molecule has 188 valence electrons. The standard InChI is InChI=1S/C31H40O4/c1-20-17-25-26(31(4,5)16-15-30(25,2)3)19-23(20)18-24-13-14-28(35-24)27(32)8-6-7-21-9-11-22(12-10-21)29(33)34/h6,8,13-14,17,19,21-22H,7,9-12,15-16,18H2,1-5H3,(H,33,34)/b8-6+. The van der Waals surface area contributed by atoms with E-state index in [0.717, 1.165) is 37.9 Å². The summed E-state index contributed by atoms with van der Waals surface area (Å²) in [5.74, 6) is 0.659. The lowest BCUT2D eigenvalue weighted by Gasteiger charge is -2.42. The summed E-state index contributed by atoms with van der Waals surface area (Å²) in [5, 5.41) is 9.14. The molecule has 0 radical (unpaired) electrons. The molecule has 0 atom stereocenters. The van der Waals surface area contributed by atoms with E-state index >= 15 is 0 Å². The van der Waals surface area contributed by atoms with Gasteiger partial charge in [-0.1, -0.05) is 45.9 Å². The maximum absolute atomic E-state index is 12.7. The monoisotopic (exact) mass is 476 g/mol. The number of aryl methyl sites for hydroxylation is 1. The molecule has 2 aliphatic carbocycles. The van der Waals surface area contributed by atoms with Crippen molar-refractivity contribution in [1.29, 1.82) is 0 Å². The van der Waals surface area contributed by atoms with Crippen molar-refractivity contribution in [2.45, 2.75) is 96.8 Å². The number of hydrogen-bond donors (Lipinski definition) is 1. The summed E-state index contributed by atoms with van der Waals surface area (Å²) in [6.45, 7) is 11.6. The number of allylic oxidation sites excluding steroid dienone is 2. The first-order chi connectivity index (χ1) is 16.5. The minimum atomic E-state index is -0.680. The van der Waals surface area contributed by atoms with Gasteiger partial charge in [-0.05, 0) is 109 Å². The molecule has 2 aromatic rings. The number of ketones is 1. The van der Waals surface area contributed by atoms with Crippen LogP contribution < -0.4 is 0 Å².